The van der Waals surface area contributed by atoms with E-state index in [2.05, 4.69) is 4.72 Å². The number of amides is 1. The second kappa shape index (κ2) is 14.6. The number of hydrogen-bond donors (Lipinski definition) is 1. The fourth-order valence-corrected chi connectivity index (χ4v) is 7.03. The zero-order valence-corrected chi connectivity index (χ0v) is 28.2. The predicted molar refractivity (Wildman–Crippen MR) is 174 cm³/mol. The summed E-state index contributed by atoms with van der Waals surface area (Å²) in [6.07, 6.45) is 1.85. The Labute approximate surface area is 289 Å². The van der Waals surface area contributed by atoms with Crippen LogP contribution in [0.2, 0.25) is 0 Å². The van der Waals surface area contributed by atoms with E-state index in [0.717, 1.165) is 50.3 Å². The summed E-state index contributed by atoms with van der Waals surface area (Å²) in [7, 11) is -10.3. The van der Waals surface area contributed by atoms with Gasteiger partial charge < -0.3 is 9.47 Å². The van der Waals surface area contributed by atoms with Crippen molar-refractivity contribution >= 4 is 77.9 Å². The first-order valence-corrected chi connectivity index (χ1v) is 17.6. The number of sulfone groups is 1. The first-order chi connectivity index (χ1) is 23.6. The van der Waals surface area contributed by atoms with Crippen molar-refractivity contribution in [1.29, 1.82) is 0 Å². The number of nitrogens with one attached hydrogen (secondary N) is 1. The van der Waals surface area contributed by atoms with E-state index in [1.165, 1.54) is 42.5 Å². The van der Waals surface area contributed by atoms with Gasteiger partial charge in [-0.15, -0.1) is 0 Å². The number of alkyl halides is 6. The summed E-state index contributed by atoms with van der Waals surface area (Å²) < 4.78 is 142. The van der Waals surface area contributed by atoms with Gasteiger partial charge in [0.1, 0.15) is 0 Å². The van der Waals surface area contributed by atoms with Crippen molar-refractivity contribution in [2.75, 3.05) is 9.03 Å². The lowest BCUT2D eigenvalue weighted by molar-refractivity contribution is -0.134. The van der Waals surface area contributed by atoms with Crippen LogP contribution in [0.5, 0.6) is 11.5 Å². The average molecular weight is 777 g/mol. The van der Waals surface area contributed by atoms with Gasteiger partial charge in [-0.05, 0) is 60.2 Å². The molecule has 0 unspecified atom stereocenters. The minimum atomic E-state index is -5.71. The number of nitrogens with zero attached hydrogens (tertiary/aromatic N) is 1. The monoisotopic (exact) mass is 776 g/mol. The maximum Gasteiger partial charge on any atom is 0.501 e. The number of sulfonamides is 1. The number of anilines is 2. The molecule has 0 spiro atoms. The van der Waals surface area contributed by atoms with Crippen molar-refractivity contribution in [1.82, 2.24) is 0 Å². The first-order valence-electron chi connectivity index (χ1n) is 13.8. The number of benzene rings is 4. The Kier molecular flexibility index (Phi) is 11.1. The molecule has 0 heterocycles. The summed E-state index contributed by atoms with van der Waals surface area (Å²) in [4.78, 5) is 34.6. The van der Waals surface area contributed by atoms with Gasteiger partial charge in [-0.1, -0.05) is 30.3 Å². The molecule has 11 nitrogen and oxygen atoms in total. The van der Waals surface area contributed by atoms with Crippen LogP contribution < -0.4 is 18.5 Å². The minimum absolute atomic E-state index is 0.131. The Morgan fingerprint density at radius 1 is 0.765 bits per heavy atom. The minimum Gasteiger partial charge on any atom is -0.423 e. The molecule has 1 amide bonds. The molecule has 0 aliphatic heterocycles. The SMILES string of the molecule is CC(=O)Oc1ccc(/C=C/C(=O)N(SC(F)(F)F)c2cccc3c(S(=O)(=O)Nc4ccc(S(=O)(=O)C(F)(F)F)cc4)cccc23)cc1OC(C)=O. The molecule has 0 saturated carbocycles. The topological polar surface area (TPSA) is 153 Å². The molecule has 0 atom stereocenters. The fraction of sp³-hybridized carbons (Fsp3) is 0.129. The number of esters is 2. The highest BCUT2D eigenvalue weighted by Gasteiger charge is 2.46. The molecule has 270 valence electrons. The molecule has 4 aromatic carbocycles. The molecule has 4 rings (SSSR count). The quantitative estimate of drug-likeness (QED) is 0.0586. The third kappa shape index (κ3) is 9.38. The second-order valence-electron chi connectivity index (χ2n) is 10.1. The lowest BCUT2D eigenvalue weighted by Gasteiger charge is -2.23. The van der Waals surface area contributed by atoms with Crippen molar-refractivity contribution in [3.05, 3.63) is 90.5 Å². The van der Waals surface area contributed by atoms with Gasteiger partial charge in [0.25, 0.3) is 25.8 Å². The number of carbonyl (C=O) groups excluding carboxylic acids is 3. The molecular weight excluding hydrogens is 755 g/mol. The van der Waals surface area contributed by atoms with Crippen LogP contribution in [0.3, 0.4) is 0 Å². The van der Waals surface area contributed by atoms with Crippen LogP contribution in [0.25, 0.3) is 16.8 Å². The molecule has 20 heteroatoms. The number of halogens is 6. The second-order valence-corrected chi connectivity index (χ2v) is 14.7. The molecular formula is C31H22F6N2O9S3. The smallest absolute Gasteiger partial charge is 0.423 e. The van der Waals surface area contributed by atoms with Crippen LogP contribution in [0.4, 0.5) is 37.7 Å². The molecule has 0 aromatic heterocycles. The lowest BCUT2D eigenvalue weighted by atomic mass is 10.1. The van der Waals surface area contributed by atoms with E-state index in [1.807, 2.05) is 0 Å². The molecule has 0 aliphatic rings. The van der Waals surface area contributed by atoms with Gasteiger partial charge in [-0.2, -0.15) is 26.3 Å². The van der Waals surface area contributed by atoms with Gasteiger partial charge in [0, 0.05) is 36.4 Å². The first kappa shape index (κ1) is 38.7. The Bertz CT molecular complexity index is 2260. The summed E-state index contributed by atoms with van der Waals surface area (Å²) in [6, 6.07) is 13.4. The normalized spacial score (nSPS) is 12.5. The number of carbonyl (C=O) groups is 3. The molecule has 51 heavy (non-hydrogen) atoms. The van der Waals surface area contributed by atoms with Crippen molar-refractivity contribution in [2.24, 2.45) is 0 Å². The Morgan fingerprint density at radius 2 is 1.35 bits per heavy atom. The van der Waals surface area contributed by atoms with Crippen LogP contribution in [0.15, 0.2) is 94.7 Å². The molecule has 0 aliphatic carbocycles. The third-order valence-electron chi connectivity index (χ3n) is 6.38. The number of rotatable bonds is 10. The van der Waals surface area contributed by atoms with Gasteiger partial charge in [0.05, 0.1) is 27.4 Å². The van der Waals surface area contributed by atoms with Gasteiger partial charge in [-0.25, -0.2) is 21.1 Å². The van der Waals surface area contributed by atoms with Crippen LogP contribution in [-0.2, 0) is 34.2 Å². The lowest BCUT2D eigenvalue weighted by Crippen LogP contribution is -2.26. The van der Waals surface area contributed by atoms with Crippen LogP contribution in [-0.4, -0.2) is 45.7 Å². The average Bonchev–Trinajstić information content (AvgIpc) is 3.01. The molecule has 0 saturated heterocycles. The maximum atomic E-state index is 13.8. The number of fused-ring (bicyclic) bond motifs is 1. The van der Waals surface area contributed by atoms with Crippen molar-refractivity contribution in [3.63, 3.8) is 0 Å². The van der Waals surface area contributed by atoms with E-state index < -0.39 is 70.5 Å². The maximum absolute atomic E-state index is 13.8. The van der Waals surface area contributed by atoms with Crippen LogP contribution >= 0.6 is 11.9 Å². The van der Waals surface area contributed by atoms with Crippen molar-refractivity contribution in [3.8, 4) is 11.5 Å². The van der Waals surface area contributed by atoms with E-state index in [9.17, 15) is 57.6 Å². The zero-order chi connectivity index (χ0) is 37.9. The van der Waals surface area contributed by atoms with Crippen molar-refractivity contribution < 1.29 is 67.0 Å². The largest absolute Gasteiger partial charge is 0.501 e. The van der Waals surface area contributed by atoms with E-state index in [0.29, 0.717) is 12.1 Å². The molecule has 0 bridgehead atoms. The van der Waals surface area contributed by atoms with Crippen LogP contribution in [0, 0.1) is 0 Å². The summed E-state index contributed by atoms with van der Waals surface area (Å²) in [5, 5.41) is -0.288. The fourth-order valence-electron chi connectivity index (χ4n) is 4.38. The zero-order valence-electron chi connectivity index (χ0n) is 25.8. The highest BCUT2D eigenvalue weighted by Crippen LogP contribution is 2.41. The molecule has 4 aromatic rings. The summed E-state index contributed by atoms with van der Waals surface area (Å²) in [6.45, 7) is 2.17. The number of ether oxygens (including phenoxy) is 2. The van der Waals surface area contributed by atoms with Crippen molar-refractivity contribution in [2.45, 2.75) is 34.7 Å². The molecule has 0 fully saturated rings. The van der Waals surface area contributed by atoms with Gasteiger partial charge >= 0.3 is 23.0 Å². The van der Waals surface area contributed by atoms with E-state index in [4.69, 9.17) is 9.47 Å². The summed E-state index contributed by atoms with van der Waals surface area (Å²) in [5.74, 6) is -3.11. The third-order valence-corrected chi connectivity index (χ3v) is 10.1. The van der Waals surface area contributed by atoms with Gasteiger partial charge in [0.15, 0.2) is 11.5 Å². The Balaban J connectivity index is 1.71. The molecule has 0 radical (unpaired) electrons. The van der Waals surface area contributed by atoms with Gasteiger partial charge in [-0.3, -0.25) is 19.1 Å². The Hall–Kier alpha value is -5.08. The van der Waals surface area contributed by atoms with E-state index >= 15 is 0 Å². The van der Waals surface area contributed by atoms with Crippen LogP contribution in [0.1, 0.15) is 19.4 Å². The predicted octanol–water partition coefficient (Wildman–Crippen LogP) is 7.00. The highest BCUT2D eigenvalue weighted by atomic mass is 32.2. The number of hydrogen-bond acceptors (Lipinski definition) is 10. The van der Waals surface area contributed by atoms with E-state index in [1.54, 1.807) is 0 Å². The van der Waals surface area contributed by atoms with Gasteiger partial charge in [0.2, 0.25) is 0 Å². The summed E-state index contributed by atoms with van der Waals surface area (Å²) >= 11 is -0.834. The standard InChI is InChI=1S/C31H22F6N2O9S3/c1-18(40)47-26-15-9-20(17-27(26)48-19(2)41)10-16-29(42)39(49-30(32,33)34)25-7-3-6-24-23(25)5-4-8-28(24)51(45,46)38-21-11-13-22(14-12-21)50(43,44)31(35,36)37/h3-17,38H,1-2H3/b16-10+. The van der Waals surface area contributed by atoms with E-state index in [-0.39, 0.29) is 43.5 Å². The summed E-state index contributed by atoms with van der Waals surface area (Å²) in [5.41, 5.74) is -11.2. The Morgan fingerprint density at radius 3 is 1.94 bits per heavy atom. The molecule has 1 N–H and O–H groups in total. The highest BCUT2D eigenvalue weighted by molar-refractivity contribution is 8.02.